The van der Waals surface area contributed by atoms with E-state index in [9.17, 15) is 4.79 Å². The molecular weight excluding hydrogens is 262 g/mol. The second-order valence-corrected chi connectivity index (χ2v) is 5.10. The summed E-state index contributed by atoms with van der Waals surface area (Å²) in [5, 5.41) is 0. The Morgan fingerprint density at radius 1 is 1.32 bits per heavy atom. The van der Waals surface area contributed by atoms with E-state index in [0.717, 1.165) is 24.8 Å². The molecule has 0 fully saturated rings. The van der Waals surface area contributed by atoms with Crippen LogP contribution >= 0.6 is 11.8 Å². The molecule has 0 radical (unpaired) electrons. The largest absolute Gasteiger partial charge is 0.459 e. The standard InChI is InChI=1S/C15H22ClNO2/c1-4-5-6-14(17-16)12-7-9-13(10-8-12)15(18)19-11(2)3/h7-11,14,17H,4-6H2,1-3H3/t14-/m1/s1. The number of hydrogen-bond donors (Lipinski definition) is 1. The summed E-state index contributed by atoms with van der Waals surface area (Å²) in [6.45, 7) is 5.82. The van der Waals surface area contributed by atoms with E-state index in [-0.39, 0.29) is 18.1 Å². The maximum atomic E-state index is 11.7. The molecule has 0 aromatic heterocycles. The average Bonchev–Trinajstić information content (AvgIpc) is 2.39. The molecule has 3 nitrogen and oxygen atoms in total. The molecule has 1 rings (SSSR count). The van der Waals surface area contributed by atoms with Crippen molar-refractivity contribution in [1.29, 1.82) is 0 Å². The number of nitrogens with one attached hydrogen (secondary N) is 1. The fraction of sp³-hybridized carbons (Fsp3) is 0.533. The van der Waals surface area contributed by atoms with E-state index in [1.54, 1.807) is 12.1 Å². The molecule has 0 unspecified atom stereocenters. The van der Waals surface area contributed by atoms with Gasteiger partial charge in [0, 0.05) is 6.04 Å². The highest BCUT2D eigenvalue weighted by atomic mass is 35.5. The molecule has 4 heteroatoms. The van der Waals surface area contributed by atoms with Gasteiger partial charge in [0.05, 0.1) is 11.7 Å². The van der Waals surface area contributed by atoms with Crippen LogP contribution in [0.2, 0.25) is 0 Å². The summed E-state index contributed by atoms with van der Waals surface area (Å²) in [7, 11) is 0. The number of carbonyl (C=O) groups is 1. The van der Waals surface area contributed by atoms with Crippen molar-refractivity contribution in [2.24, 2.45) is 0 Å². The lowest BCUT2D eigenvalue weighted by Crippen LogP contribution is -2.13. The molecular formula is C15H22ClNO2. The molecule has 0 aliphatic carbocycles. The number of halogens is 1. The predicted molar refractivity (Wildman–Crippen MR) is 78.2 cm³/mol. The first-order chi connectivity index (χ1) is 9.08. The van der Waals surface area contributed by atoms with Gasteiger partial charge in [-0.1, -0.05) is 31.9 Å². The molecule has 1 aromatic carbocycles. The number of esters is 1. The monoisotopic (exact) mass is 283 g/mol. The molecule has 1 N–H and O–H groups in total. The molecule has 0 bridgehead atoms. The van der Waals surface area contributed by atoms with Crippen molar-refractivity contribution in [1.82, 2.24) is 4.84 Å². The Hall–Kier alpha value is -1.06. The first kappa shape index (κ1) is 16.0. The Morgan fingerprint density at radius 2 is 1.95 bits per heavy atom. The van der Waals surface area contributed by atoms with Crippen molar-refractivity contribution in [2.45, 2.75) is 52.2 Å². The van der Waals surface area contributed by atoms with Crippen molar-refractivity contribution >= 4 is 17.7 Å². The number of hydrogen-bond acceptors (Lipinski definition) is 3. The van der Waals surface area contributed by atoms with Crippen LogP contribution in [0.15, 0.2) is 24.3 Å². The number of unbranched alkanes of at least 4 members (excludes halogenated alkanes) is 1. The van der Waals surface area contributed by atoms with Crippen LogP contribution in [0.1, 0.15) is 62.0 Å². The van der Waals surface area contributed by atoms with Crippen LogP contribution in [0, 0.1) is 0 Å². The summed E-state index contributed by atoms with van der Waals surface area (Å²) in [6, 6.07) is 7.54. The summed E-state index contributed by atoms with van der Waals surface area (Å²) >= 11 is 5.77. The summed E-state index contributed by atoms with van der Waals surface area (Å²) in [5.74, 6) is -0.287. The van der Waals surface area contributed by atoms with Crippen LogP contribution in [0.5, 0.6) is 0 Å². The second-order valence-electron chi connectivity index (χ2n) is 4.88. The highest BCUT2D eigenvalue weighted by molar-refractivity contribution is 6.13. The van der Waals surface area contributed by atoms with Gasteiger partial charge in [0.15, 0.2) is 0 Å². The van der Waals surface area contributed by atoms with Crippen molar-refractivity contribution in [3.05, 3.63) is 35.4 Å². The molecule has 0 aliphatic rings. The van der Waals surface area contributed by atoms with E-state index >= 15 is 0 Å². The summed E-state index contributed by atoms with van der Waals surface area (Å²) in [4.78, 5) is 14.5. The van der Waals surface area contributed by atoms with Gasteiger partial charge in [-0.15, -0.1) is 0 Å². The second kappa shape index (κ2) is 8.18. The van der Waals surface area contributed by atoms with E-state index in [1.165, 1.54) is 0 Å². The third-order valence-electron chi connectivity index (χ3n) is 2.87. The molecule has 0 spiro atoms. The summed E-state index contributed by atoms with van der Waals surface area (Å²) < 4.78 is 5.15. The average molecular weight is 284 g/mol. The zero-order chi connectivity index (χ0) is 14.3. The Labute approximate surface area is 120 Å². The lowest BCUT2D eigenvalue weighted by molar-refractivity contribution is 0.0378. The fourth-order valence-corrected chi connectivity index (χ4v) is 2.06. The van der Waals surface area contributed by atoms with Crippen LogP contribution in [-0.2, 0) is 4.74 Å². The van der Waals surface area contributed by atoms with Gasteiger partial charge < -0.3 is 4.74 Å². The van der Waals surface area contributed by atoms with Gasteiger partial charge in [-0.05, 0) is 49.7 Å². The molecule has 0 heterocycles. The van der Waals surface area contributed by atoms with Gasteiger partial charge >= 0.3 is 5.97 Å². The van der Waals surface area contributed by atoms with Crippen LogP contribution in [-0.4, -0.2) is 12.1 Å². The third kappa shape index (κ3) is 5.21. The van der Waals surface area contributed by atoms with Gasteiger partial charge in [0.25, 0.3) is 0 Å². The normalized spacial score (nSPS) is 12.5. The van der Waals surface area contributed by atoms with Crippen molar-refractivity contribution in [2.75, 3.05) is 0 Å². The van der Waals surface area contributed by atoms with Crippen LogP contribution < -0.4 is 4.84 Å². The maximum absolute atomic E-state index is 11.7. The third-order valence-corrected chi connectivity index (χ3v) is 3.13. The number of carbonyl (C=O) groups excluding carboxylic acids is 1. The van der Waals surface area contributed by atoms with Crippen LogP contribution in [0.4, 0.5) is 0 Å². The smallest absolute Gasteiger partial charge is 0.338 e. The molecule has 106 valence electrons. The van der Waals surface area contributed by atoms with E-state index in [0.29, 0.717) is 5.56 Å². The molecule has 0 saturated heterocycles. The molecule has 19 heavy (non-hydrogen) atoms. The first-order valence-electron chi connectivity index (χ1n) is 6.75. The molecule has 1 atom stereocenters. The number of rotatable bonds is 7. The van der Waals surface area contributed by atoms with Gasteiger partial charge in [0.1, 0.15) is 0 Å². The summed E-state index contributed by atoms with van der Waals surface area (Å²) in [6.07, 6.45) is 3.12. The predicted octanol–water partition coefficient (Wildman–Crippen LogP) is 4.23. The lowest BCUT2D eigenvalue weighted by Gasteiger charge is -2.15. The fourth-order valence-electron chi connectivity index (χ4n) is 1.83. The van der Waals surface area contributed by atoms with Crippen molar-refractivity contribution in [3.8, 4) is 0 Å². The molecule has 1 aromatic rings. The Kier molecular flexibility index (Phi) is 6.89. The zero-order valence-corrected chi connectivity index (χ0v) is 12.5. The quantitative estimate of drug-likeness (QED) is 0.601. The van der Waals surface area contributed by atoms with Crippen molar-refractivity contribution < 1.29 is 9.53 Å². The highest BCUT2D eigenvalue weighted by Crippen LogP contribution is 2.21. The van der Waals surface area contributed by atoms with E-state index in [1.807, 2.05) is 26.0 Å². The number of ether oxygens (including phenoxy) is 1. The zero-order valence-electron chi connectivity index (χ0n) is 11.8. The van der Waals surface area contributed by atoms with Crippen LogP contribution in [0.25, 0.3) is 0 Å². The topological polar surface area (TPSA) is 38.3 Å². The van der Waals surface area contributed by atoms with E-state index < -0.39 is 0 Å². The molecule has 0 saturated carbocycles. The van der Waals surface area contributed by atoms with Gasteiger partial charge in [0.2, 0.25) is 0 Å². The highest BCUT2D eigenvalue weighted by Gasteiger charge is 2.12. The van der Waals surface area contributed by atoms with Crippen molar-refractivity contribution in [3.63, 3.8) is 0 Å². The van der Waals surface area contributed by atoms with Gasteiger partial charge in [-0.2, -0.15) is 0 Å². The van der Waals surface area contributed by atoms with E-state index in [4.69, 9.17) is 16.5 Å². The molecule has 0 amide bonds. The van der Waals surface area contributed by atoms with Crippen LogP contribution in [0.3, 0.4) is 0 Å². The van der Waals surface area contributed by atoms with E-state index in [2.05, 4.69) is 11.8 Å². The SMILES string of the molecule is CCCC[C@@H](NCl)c1ccc(C(=O)OC(C)C)cc1. The molecule has 0 aliphatic heterocycles. The van der Waals surface area contributed by atoms with Gasteiger partial charge in [-0.25, -0.2) is 9.63 Å². The Bertz CT molecular complexity index is 390. The Morgan fingerprint density at radius 3 is 2.42 bits per heavy atom. The minimum Gasteiger partial charge on any atom is -0.459 e. The minimum absolute atomic E-state index is 0.103. The Balaban J connectivity index is 2.71. The summed E-state index contributed by atoms with van der Waals surface area (Å²) in [5.41, 5.74) is 1.66. The number of benzene rings is 1. The maximum Gasteiger partial charge on any atom is 0.338 e. The minimum atomic E-state index is -0.287. The first-order valence-corrected chi connectivity index (χ1v) is 7.13. The lowest BCUT2D eigenvalue weighted by atomic mass is 10.0. The van der Waals surface area contributed by atoms with Gasteiger partial charge in [-0.3, -0.25) is 0 Å².